The number of hydrogen-bond donors (Lipinski definition) is 2. The van der Waals surface area contributed by atoms with Crippen molar-refractivity contribution in [3.8, 4) is 0 Å². The number of halogens is 1. The highest BCUT2D eigenvalue weighted by molar-refractivity contribution is 5.99. The lowest BCUT2D eigenvalue weighted by atomic mass is 9.95. The van der Waals surface area contributed by atoms with E-state index in [0.717, 1.165) is 11.1 Å². The van der Waals surface area contributed by atoms with Crippen LogP contribution in [0.3, 0.4) is 0 Å². The SMILES string of the molecule is CC/C(C(=N)F)=C(/N)c1cc(C(=O)OC)c(C)cc1C. The minimum atomic E-state index is -1.05. The molecular weight excluding hydrogens is 259 g/mol. The van der Waals surface area contributed by atoms with Crippen LogP contribution in [0.15, 0.2) is 17.7 Å². The molecule has 108 valence electrons. The van der Waals surface area contributed by atoms with Gasteiger partial charge in [-0.05, 0) is 37.5 Å². The molecular formula is C15H19FN2O2. The smallest absolute Gasteiger partial charge is 0.338 e. The Balaban J connectivity index is 3.53. The number of ether oxygens (including phenoxy) is 1. The van der Waals surface area contributed by atoms with E-state index in [0.29, 0.717) is 17.5 Å². The Labute approximate surface area is 117 Å². The van der Waals surface area contributed by atoms with Crippen molar-refractivity contribution in [2.45, 2.75) is 27.2 Å². The van der Waals surface area contributed by atoms with Crippen LogP contribution in [0.2, 0.25) is 0 Å². The van der Waals surface area contributed by atoms with Gasteiger partial charge in [-0.1, -0.05) is 13.0 Å². The molecule has 0 atom stereocenters. The molecule has 0 unspecified atom stereocenters. The predicted molar refractivity (Wildman–Crippen MR) is 77.5 cm³/mol. The highest BCUT2D eigenvalue weighted by Gasteiger charge is 2.16. The number of nitrogens with one attached hydrogen (secondary N) is 1. The molecule has 3 N–H and O–H groups in total. The molecule has 1 aromatic rings. The minimum Gasteiger partial charge on any atom is -0.465 e. The van der Waals surface area contributed by atoms with E-state index in [1.165, 1.54) is 7.11 Å². The summed E-state index contributed by atoms with van der Waals surface area (Å²) >= 11 is 0. The van der Waals surface area contributed by atoms with Crippen LogP contribution in [0.4, 0.5) is 4.39 Å². The van der Waals surface area contributed by atoms with E-state index in [-0.39, 0.29) is 11.3 Å². The quantitative estimate of drug-likeness (QED) is 0.656. The van der Waals surface area contributed by atoms with E-state index in [1.807, 2.05) is 6.92 Å². The molecule has 0 spiro atoms. The van der Waals surface area contributed by atoms with Crippen LogP contribution >= 0.6 is 0 Å². The average Bonchev–Trinajstić information content (AvgIpc) is 2.38. The highest BCUT2D eigenvalue weighted by Crippen LogP contribution is 2.24. The zero-order valence-electron chi connectivity index (χ0n) is 12.1. The number of benzene rings is 1. The van der Waals surface area contributed by atoms with E-state index in [9.17, 15) is 9.18 Å². The maximum Gasteiger partial charge on any atom is 0.338 e. The first-order chi connectivity index (χ1) is 9.33. The Morgan fingerprint density at radius 1 is 1.30 bits per heavy atom. The van der Waals surface area contributed by atoms with Crippen molar-refractivity contribution in [2.75, 3.05) is 7.11 Å². The number of aryl methyl sites for hydroxylation is 2. The molecule has 0 amide bonds. The summed E-state index contributed by atoms with van der Waals surface area (Å²) in [7, 11) is 1.30. The van der Waals surface area contributed by atoms with Gasteiger partial charge < -0.3 is 10.5 Å². The summed E-state index contributed by atoms with van der Waals surface area (Å²) in [5.41, 5.74) is 8.79. The van der Waals surface area contributed by atoms with Gasteiger partial charge in [0.25, 0.3) is 0 Å². The summed E-state index contributed by atoms with van der Waals surface area (Å²) in [4.78, 5) is 11.7. The van der Waals surface area contributed by atoms with Gasteiger partial charge in [0.1, 0.15) is 0 Å². The van der Waals surface area contributed by atoms with Crippen LogP contribution in [-0.2, 0) is 4.74 Å². The molecule has 4 nitrogen and oxygen atoms in total. The normalized spacial score (nSPS) is 11.8. The third kappa shape index (κ3) is 3.04. The van der Waals surface area contributed by atoms with Gasteiger partial charge in [-0.15, -0.1) is 0 Å². The molecule has 1 rings (SSSR count). The first-order valence-electron chi connectivity index (χ1n) is 6.26. The van der Waals surface area contributed by atoms with Crippen molar-refractivity contribution in [3.63, 3.8) is 0 Å². The lowest BCUT2D eigenvalue weighted by Crippen LogP contribution is -2.11. The molecule has 0 aromatic heterocycles. The number of hydrogen-bond acceptors (Lipinski definition) is 4. The molecule has 0 fully saturated rings. The molecule has 0 saturated heterocycles. The Kier molecular flexibility index (Phi) is 5.02. The van der Waals surface area contributed by atoms with E-state index in [2.05, 4.69) is 0 Å². The summed E-state index contributed by atoms with van der Waals surface area (Å²) < 4.78 is 17.9. The Hall–Kier alpha value is -2.17. The van der Waals surface area contributed by atoms with Crippen molar-refractivity contribution in [2.24, 2.45) is 5.73 Å². The zero-order chi connectivity index (χ0) is 15.4. The Bertz CT molecular complexity index is 592. The molecule has 0 aliphatic carbocycles. The van der Waals surface area contributed by atoms with Crippen molar-refractivity contribution in [1.82, 2.24) is 0 Å². The van der Waals surface area contributed by atoms with Gasteiger partial charge in [0, 0.05) is 16.8 Å². The molecule has 0 aliphatic heterocycles. The van der Waals surface area contributed by atoms with Crippen LogP contribution in [0.25, 0.3) is 5.70 Å². The van der Waals surface area contributed by atoms with Crippen molar-refractivity contribution in [3.05, 3.63) is 40.0 Å². The average molecular weight is 278 g/mol. The molecule has 1 aromatic carbocycles. The predicted octanol–water partition coefficient (Wildman–Crippen LogP) is 3.12. The van der Waals surface area contributed by atoms with Gasteiger partial charge in [0.05, 0.1) is 12.7 Å². The summed E-state index contributed by atoms with van der Waals surface area (Å²) in [5.74, 6) is -1.52. The number of carbonyl (C=O) groups excluding carboxylic acids is 1. The van der Waals surface area contributed by atoms with Crippen LogP contribution in [-0.4, -0.2) is 19.0 Å². The summed E-state index contributed by atoms with van der Waals surface area (Å²) in [6.45, 7) is 5.34. The number of allylic oxidation sites excluding steroid dienone is 1. The van der Waals surface area contributed by atoms with Gasteiger partial charge in [-0.25, -0.2) is 4.79 Å². The van der Waals surface area contributed by atoms with Crippen molar-refractivity contribution < 1.29 is 13.9 Å². The van der Waals surface area contributed by atoms with Crippen LogP contribution in [0.5, 0.6) is 0 Å². The standard InChI is InChI=1S/C15H19FN2O2/c1-5-10(14(16)18)13(17)11-7-12(15(19)20-4)9(3)6-8(11)2/h6-7,18H,5,17H2,1-4H3/b13-10-,18-14?. The minimum absolute atomic E-state index is 0.132. The van der Waals surface area contributed by atoms with Gasteiger partial charge in [-0.3, -0.25) is 5.41 Å². The zero-order valence-corrected chi connectivity index (χ0v) is 12.1. The largest absolute Gasteiger partial charge is 0.465 e. The number of carbonyl (C=O) groups is 1. The lowest BCUT2D eigenvalue weighted by molar-refractivity contribution is 0.0600. The topological polar surface area (TPSA) is 76.2 Å². The molecule has 20 heavy (non-hydrogen) atoms. The van der Waals surface area contributed by atoms with Gasteiger partial charge >= 0.3 is 5.97 Å². The molecule has 0 heterocycles. The van der Waals surface area contributed by atoms with Gasteiger partial charge in [0.15, 0.2) is 0 Å². The van der Waals surface area contributed by atoms with E-state index in [1.54, 1.807) is 26.0 Å². The maximum atomic E-state index is 13.2. The third-order valence-electron chi connectivity index (χ3n) is 3.21. The Morgan fingerprint density at radius 3 is 2.30 bits per heavy atom. The van der Waals surface area contributed by atoms with Crippen molar-refractivity contribution in [1.29, 1.82) is 5.41 Å². The summed E-state index contributed by atoms with van der Waals surface area (Å²) in [5, 5.41) is 7.12. The first-order valence-corrected chi connectivity index (χ1v) is 6.26. The monoisotopic (exact) mass is 278 g/mol. The van der Waals surface area contributed by atoms with Crippen LogP contribution < -0.4 is 5.73 Å². The second-order valence-corrected chi connectivity index (χ2v) is 4.53. The summed E-state index contributed by atoms with van der Waals surface area (Å²) in [6, 6.07) is 3.38. The van der Waals surface area contributed by atoms with Gasteiger partial charge in [-0.2, -0.15) is 4.39 Å². The first kappa shape index (κ1) is 15.9. The highest BCUT2D eigenvalue weighted by atomic mass is 19.1. The van der Waals surface area contributed by atoms with Crippen LogP contribution in [0, 0.1) is 19.3 Å². The Morgan fingerprint density at radius 2 is 1.85 bits per heavy atom. The fraction of sp³-hybridized carbons (Fsp3) is 0.333. The second-order valence-electron chi connectivity index (χ2n) is 4.53. The molecule has 0 saturated carbocycles. The fourth-order valence-electron chi connectivity index (χ4n) is 2.10. The number of esters is 1. The number of methoxy groups -OCH3 is 1. The summed E-state index contributed by atoms with van der Waals surface area (Å²) in [6.07, 6.45) is 0.308. The van der Waals surface area contributed by atoms with E-state index >= 15 is 0 Å². The van der Waals surface area contributed by atoms with Crippen molar-refractivity contribution >= 4 is 17.6 Å². The van der Waals surface area contributed by atoms with Gasteiger partial charge in [0.2, 0.25) is 5.97 Å². The molecule has 0 radical (unpaired) electrons. The van der Waals surface area contributed by atoms with E-state index < -0.39 is 11.9 Å². The molecule has 0 bridgehead atoms. The molecule has 0 aliphatic rings. The number of rotatable bonds is 4. The lowest BCUT2D eigenvalue weighted by Gasteiger charge is -2.13. The fourth-order valence-corrected chi connectivity index (χ4v) is 2.10. The second kappa shape index (κ2) is 6.32. The van der Waals surface area contributed by atoms with E-state index in [4.69, 9.17) is 15.9 Å². The molecule has 5 heteroatoms. The number of nitrogens with two attached hydrogens (primary N) is 1. The van der Waals surface area contributed by atoms with Crippen LogP contribution in [0.1, 0.15) is 40.4 Å². The maximum absolute atomic E-state index is 13.2. The third-order valence-corrected chi connectivity index (χ3v) is 3.21.